The fourth-order valence-corrected chi connectivity index (χ4v) is 2.89. The van der Waals surface area contributed by atoms with Gasteiger partial charge in [0.25, 0.3) is 0 Å². The summed E-state index contributed by atoms with van der Waals surface area (Å²) in [7, 11) is -3.41. The molecule has 0 fully saturated rings. The second kappa shape index (κ2) is 6.25. The molecule has 0 saturated carbocycles. The van der Waals surface area contributed by atoms with Crippen molar-refractivity contribution in [1.29, 1.82) is 0 Å². The molecule has 0 spiro atoms. The first-order valence-corrected chi connectivity index (χ1v) is 9.08. The summed E-state index contributed by atoms with van der Waals surface area (Å²) in [6.07, 6.45) is 1.61. The smallest absolute Gasteiger partial charge is 0.306 e. The highest BCUT2D eigenvalue weighted by Crippen LogP contribution is 2.22. The van der Waals surface area contributed by atoms with Gasteiger partial charge in [-0.1, -0.05) is 22.7 Å². The van der Waals surface area contributed by atoms with E-state index in [2.05, 4.69) is 30.0 Å². The number of nitrogens with one attached hydrogen (secondary N) is 4. The lowest BCUT2D eigenvalue weighted by atomic mass is 10.3. The molecular formula is C14H16ClN6O2S+. The predicted molar refractivity (Wildman–Crippen MR) is 92.9 cm³/mol. The SMILES string of the molecule is CC(C)S(=O)(=O)Nc1cccc(Nc2nc(Cl)c3[nH]c[nH+]c3n2)c1. The van der Waals surface area contributed by atoms with Crippen molar-refractivity contribution in [2.24, 2.45) is 0 Å². The van der Waals surface area contributed by atoms with Crippen LogP contribution in [0.15, 0.2) is 30.6 Å². The fraction of sp³-hybridized carbons (Fsp3) is 0.214. The number of anilines is 3. The Morgan fingerprint density at radius 1 is 1.25 bits per heavy atom. The van der Waals surface area contributed by atoms with Gasteiger partial charge in [-0.3, -0.25) is 9.71 Å². The quantitative estimate of drug-likeness (QED) is 0.599. The second-order valence-corrected chi connectivity index (χ2v) is 7.99. The van der Waals surface area contributed by atoms with Crippen molar-refractivity contribution in [2.75, 3.05) is 10.0 Å². The number of hydrogen-bond donors (Lipinski definition) is 3. The van der Waals surface area contributed by atoms with Gasteiger partial charge in [0.1, 0.15) is 0 Å². The Morgan fingerprint density at radius 3 is 2.75 bits per heavy atom. The zero-order valence-corrected chi connectivity index (χ0v) is 14.5. The largest absolute Gasteiger partial charge is 0.310 e. The maximum Gasteiger partial charge on any atom is 0.306 e. The number of sulfonamides is 1. The maximum atomic E-state index is 11.9. The monoisotopic (exact) mass is 367 g/mol. The van der Waals surface area contributed by atoms with Gasteiger partial charge in [0, 0.05) is 5.69 Å². The van der Waals surface area contributed by atoms with Gasteiger partial charge in [-0.25, -0.2) is 13.4 Å². The highest BCUT2D eigenvalue weighted by molar-refractivity contribution is 7.93. The van der Waals surface area contributed by atoms with Crippen molar-refractivity contribution in [3.05, 3.63) is 35.7 Å². The Kier molecular flexibility index (Phi) is 4.29. The Bertz CT molecular complexity index is 986. The number of benzene rings is 1. The van der Waals surface area contributed by atoms with Crippen LogP contribution in [0.3, 0.4) is 0 Å². The average Bonchev–Trinajstić information content (AvgIpc) is 2.96. The number of imidazole rings is 1. The predicted octanol–water partition coefficient (Wildman–Crippen LogP) is 2.32. The van der Waals surface area contributed by atoms with E-state index in [1.54, 1.807) is 44.4 Å². The van der Waals surface area contributed by atoms with Crippen molar-refractivity contribution >= 4 is 50.1 Å². The van der Waals surface area contributed by atoms with E-state index >= 15 is 0 Å². The standard InChI is InChI=1S/C14H15ClN6O2S/c1-8(2)24(22,23)21-10-5-3-4-9(6-10)18-14-19-12(15)11-13(20-14)17-7-16-11/h3-8,21H,1-2H3,(H2,16,17,18,19,20)/p+1. The van der Waals surface area contributed by atoms with Crippen LogP contribution in [-0.4, -0.2) is 28.6 Å². The summed E-state index contributed by atoms with van der Waals surface area (Å²) in [6, 6.07) is 6.82. The molecule has 126 valence electrons. The molecule has 0 atom stereocenters. The van der Waals surface area contributed by atoms with E-state index in [4.69, 9.17) is 11.6 Å². The van der Waals surface area contributed by atoms with Crippen LogP contribution in [0.2, 0.25) is 5.15 Å². The summed E-state index contributed by atoms with van der Waals surface area (Å²) in [5, 5.41) is 2.76. The highest BCUT2D eigenvalue weighted by Gasteiger charge is 2.17. The molecule has 0 amide bonds. The molecule has 0 aliphatic carbocycles. The molecule has 2 aromatic heterocycles. The Labute approximate surface area is 143 Å². The topological polar surface area (TPSA) is 114 Å². The summed E-state index contributed by atoms with van der Waals surface area (Å²) >= 11 is 6.09. The van der Waals surface area contributed by atoms with E-state index in [1.807, 2.05) is 0 Å². The van der Waals surface area contributed by atoms with Gasteiger partial charge in [-0.2, -0.15) is 4.98 Å². The Hall–Kier alpha value is -2.39. The van der Waals surface area contributed by atoms with E-state index in [0.29, 0.717) is 28.5 Å². The number of hydrogen-bond acceptors (Lipinski definition) is 5. The molecule has 0 bridgehead atoms. The van der Waals surface area contributed by atoms with Crippen LogP contribution in [0.4, 0.5) is 17.3 Å². The minimum atomic E-state index is -3.41. The first kappa shape index (κ1) is 16.5. The van der Waals surface area contributed by atoms with Crippen LogP contribution >= 0.6 is 11.6 Å². The van der Waals surface area contributed by atoms with Crippen LogP contribution in [-0.2, 0) is 10.0 Å². The van der Waals surface area contributed by atoms with Crippen LogP contribution < -0.4 is 15.0 Å². The number of aromatic nitrogens is 4. The van der Waals surface area contributed by atoms with Crippen molar-refractivity contribution in [3.63, 3.8) is 0 Å². The number of fused-ring (bicyclic) bond motifs is 1. The van der Waals surface area contributed by atoms with Gasteiger partial charge in [0.05, 0.1) is 10.9 Å². The first-order valence-electron chi connectivity index (χ1n) is 7.16. The summed E-state index contributed by atoms with van der Waals surface area (Å²) in [6.45, 7) is 3.23. The molecular weight excluding hydrogens is 352 g/mol. The van der Waals surface area contributed by atoms with Gasteiger partial charge in [0.15, 0.2) is 11.5 Å². The Balaban J connectivity index is 1.86. The van der Waals surface area contributed by atoms with Crippen molar-refractivity contribution in [3.8, 4) is 0 Å². The minimum absolute atomic E-state index is 0.278. The number of nitrogens with zero attached hydrogens (tertiary/aromatic N) is 2. The van der Waals surface area contributed by atoms with E-state index in [9.17, 15) is 8.42 Å². The normalized spacial score (nSPS) is 11.8. The lowest BCUT2D eigenvalue weighted by Crippen LogP contribution is -2.22. The molecule has 4 N–H and O–H groups in total. The lowest BCUT2D eigenvalue weighted by Gasteiger charge is -2.11. The third-order valence-electron chi connectivity index (χ3n) is 3.29. The molecule has 0 aliphatic heterocycles. The summed E-state index contributed by atoms with van der Waals surface area (Å²) in [4.78, 5) is 14.3. The van der Waals surface area contributed by atoms with Gasteiger partial charge >= 0.3 is 11.6 Å². The molecule has 0 radical (unpaired) electrons. The van der Waals surface area contributed by atoms with Crippen LogP contribution in [0.5, 0.6) is 0 Å². The van der Waals surface area contributed by atoms with Gasteiger partial charge in [0.2, 0.25) is 15.5 Å². The summed E-state index contributed by atoms with van der Waals surface area (Å²) < 4.78 is 26.4. The van der Waals surface area contributed by atoms with E-state index in [-0.39, 0.29) is 5.15 Å². The van der Waals surface area contributed by atoms with E-state index in [1.165, 1.54) is 0 Å². The van der Waals surface area contributed by atoms with Crippen molar-refractivity contribution < 1.29 is 13.4 Å². The molecule has 0 aliphatic rings. The van der Waals surface area contributed by atoms with Crippen LogP contribution in [0.25, 0.3) is 11.2 Å². The fourth-order valence-electron chi connectivity index (χ4n) is 1.97. The van der Waals surface area contributed by atoms with E-state index < -0.39 is 15.3 Å². The molecule has 2 heterocycles. The van der Waals surface area contributed by atoms with Gasteiger partial charge in [-0.05, 0) is 32.0 Å². The number of halogens is 1. The van der Waals surface area contributed by atoms with Crippen LogP contribution in [0, 0.1) is 0 Å². The molecule has 8 nitrogen and oxygen atoms in total. The number of rotatable bonds is 5. The highest BCUT2D eigenvalue weighted by atomic mass is 35.5. The van der Waals surface area contributed by atoms with Crippen molar-refractivity contribution in [2.45, 2.75) is 19.1 Å². The molecule has 3 aromatic rings. The summed E-state index contributed by atoms with van der Waals surface area (Å²) in [5.74, 6) is 0.298. The zero-order chi connectivity index (χ0) is 17.3. The third kappa shape index (κ3) is 3.41. The minimum Gasteiger partial charge on any atom is -0.310 e. The van der Waals surface area contributed by atoms with Crippen molar-refractivity contribution in [1.82, 2.24) is 15.0 Å². The van der Waals surface area contributed by atoms with E-state index in [0.717, 1.165) is 0 Å². The molecule has 0 saturated heterocycles. The number of aromatic amines is 2. The Morgan fingerprint density at radius 2 is 2.00 bits per heavy atom. The second-order valence-electron chi connectivity index (χ2n) is 5.40. The average molecular weight is 368 g/mol. The number of H-pyrrole nitrogens is 2. The van der Waals surface area contributed by atoms with Gasteiger partial charge in [-0.15, -0.1) is 0 Å². The lowest BCUT2D eigenvalue weighted by molar-refractivity contribution is -0.347. The molecule has 24 heavy (non-hydrogen) atoms. The summed E-state index contributed by atoms with van der Waals surface area (Å²) in [5.41, 5.74) is 2.26. The third-order valence-corrected chi connectivity index (χ3v) is 5.32. The molecule has 10 heteroatoms. The van der Waals surface area contributed by atoms with Gasteiger partial charge < -0.3 is 5.32 Å². The molecule has 1 aromatic carbocycles. The molecule has 0 unspecified atom stereocenters. The zero-order valence-electron chi connectivity index (χ0n) is 13.0. The first-order chi connectivity index (χ1) is 11.3. The van der Waals surface area contributed by atoms with Crippen LogP contribution in [0.1, 0.15) is 13.8 Å². The molecule has 3 rings (SSSR count). The maximum absolute atomic E-state index is 11.9.